The van der Waals surface area contributed by atoms with Crippen LogP contribution in [0.5, 0.6) is 0 Å². The first-order valence-electron chi connectivity index (χ1n) is 5.46. The van der Waals surface area contributed by atoms with Gasteiger partial charge in [0.05, 0.1) is 17.1 Å². The van der Waals surface area contributed by atoms with Gasteiger partial charge in [-0.1, -0.05) is 0 Å². The molecular weight excluding hydrogens is 228 g/mol. The van der Waals surface area contributed by atoms with Crippen molar-refractivity contribution in [2.45, 2.75) is 19.4 Å². The van der Waals surface area contributed by atoms with Crippen LogP contribution >= 0.6 is 0 Å². The van der Waals surface area contributed by atoms with E-state index in [9.17, 15) is 4.79 Å². The summed E-state index contributed by atoms with van der Waals surface area (Å²) in [6, 6.07) is 7.08. The van der Waals surface area contributed by atoms with Crippen molar-refractivity contribution in [3.63, 3.8) is 0 Å². The zero-order valence-electron chi connectivity index (χ0n) is 10.1. The van der Waals surface area contributed by atoms with Crippen molar-refractivity contribution in [3.05, 3.63) is 36.2 Å². The molecule has 0 aliphatic heterocycles. The topological polar surface area (TPSA) is 78.7 Å². The molecule has 0 unspecified atom stereocenters. The number of hydrogen-bond acceptors (Lipinski definition) is 4. The smallest absolute Gasteiger partial charge is 0.252 e. The summed E-state index contributed by atoms with van der Waals surface area (Å²) in [4.78, 5) is 20.2. The highest BCUT2D eigenvalue weighted by Crippen LogP contribution is 2.12. The van der Waals surface area contributed by atoms with Gasteiger partial charge >= 0.3 is 0 Å². The Labute approximate surface area is 104 Å². The molecule has 90 valence electrons. The number of carbonyl (C=O) groups is 1. The van der Waals surface area contributed by atoms with Crippen molar-refractivity contribution >= 4 is 16.9 Å². The van der Waals surface area contributed by atoms with Gasteiger partial charge in [-0.15, -0.1) is 0 Å². The fourth-order valence-corrected chi connectivity index (χ4v) is 1.49. The van der Waals surface area contributed by atoms with Crippen LogP contribution in [0.3, 0.4) is 0 Å². The molecule has 1 aromatic carbocycles. The van der Waals surface area contributed by atoms with E-state index in [0.29, 0.717) is 11.1 Å². The van der Waals surface area contributed by atoms with Crippen LogP contribution in [0.25, 0.3) is 11.0 Å². The Balaban J connectivity index is 2.32. The Hall–Kier alpha value is -2.48. The third-order valence-electron chi connectivity index (χ3n) is 2.44. The quantitative estimate of drug-likeness (QED) is 0.865. The normalized spacial score (nSPS) is 10.9. The van der Waals surface area contributed by atoms with E-state index < -0.39 is 5.54 Å². The molecule has 0 aliphatic rings. The van der Waals surface area contributed by atoms with Crippen molar-refractivity contribution in [2.24, 2.45) is 0 Å². The number of fused-ring (bicyclic) bond motifs is 1. The summed E-state index contributed by atoms with van der Waals surface area (Å²) in [6.07, 6.45) is 3.17. The van der Waals surface area contributed by atoms with Gasteiger partial charge in [0.15, 0.2) is 0 Å². The summed E-state index contributed by atoms with van der Waals surface area (Å²) in [5, 5.41) is 11.5. The number of hydrogen-bond donors (Lipinski definition) is 1. The molecule has 2 rings (SSSR count). The van der Waals surface area contributed by atoms with Gasteiger partial charge in [-0.2, -0.15) is 5.26 Å². The largest absolute Gasteiger partial charge is 0.334 e. The highest BCUT2D eigenvalue weighted by Gasteiger charge is 2.20. The molecule has 18 heavy (non-hydrogen) atoms. The number of aromatic nitrogens is 2. The van der Waals surface area contributed by atoms with Crippen molar-refractivity contribution < 1.29 is 4.79 Å². The molecule has 0 saturated heterocycles. The molecule has 0 radical (unpaired) electrons. The van der Waals surface area contributed by atoms with Crippen LogP contribution in [0.4, 0.5) is 0 Å². The maximum atomic E-state index is 12.0. The van der Waals surface area contributed by atoms with Gasteiger partial charge in [0, 0.05) is 18.0 Å². The summed E-state index contributed by atoms with van der Waals surface area (Å²) < 4.78 is 0. The zero-order valence-corrected chi connectivity index (χ0v) is 10.1. The zero-order chi connectivity index (χ0) is 13.2. The van der Waals surface area contributed by atoms with Crippen LogP contribution in [0, 0.1) is 11.3 Å². The Morgan fingerprint density at radius 3 is 2.61 bits per heavy atom. The Morgan fingerprint density at radius 1 is 1.28 bits per heavy atom. The molecule has 1 amide bonds. The van der Waals surface area contributed by atoms with Gasteiger partial charge in [0.2, 0.25) is 0 Å². The average molecular weight is 240 g/mol. The molecule has 5 heteroatoms. The first kappa shape index (κ1) is 12.0. The molecule has 0 spiro atoms. The maximum absolute atomic E-state index is 12.0. The summed E-state index contributed by atoms with van der Waals surface area (Å²) in [7, 11) is 0. The minimum atomic E-state index is -0.894. The van der Waals surface area contributed by atoms with Crippen LogP contribution in [-0.4, -0.2) is 21.4 Å². The Kier molecular flexibility index (Phi) is 2.94. The van der Waals surface area contributed by atoms with Crippen LogP contribution in [-0.2, 0) is 0 Å². The number of nitrogens with zero attached hydrogens (tertiary/aromatic N) is 3. The summed E-state index contributed by atoms with van der Waals surface area (Å²) in [5.41, 5.74) is 0.953. The molecule has 1 heterocycles. The molecule has 0 fully saturated rings. The van der Waals surface area contributed by atoms with Gasteiger partial charge in [-0.25, -0.2) is 0 Å². The van der Waals surface area contributed by atoms with Gasteiger partial charge in [0.25, 0.3) is 5.91 Å². The van der Waals surface area contributed by atoms with Crippen molar-refractivity contribution in [2.75, 3.05) is 0 Å². The van der Waals surface area contributed by atoms with Crippen LogP contribution in [0.1, 0.15) is 24.2 Å². The summed E-state index contributed by atoms with van der Waals surface area (Å²) in [6.45, 7) is 3.29. The lowest BCUT2D eigenvalue weighted by molar-refractivity contribution is 0.0929. The fourth-order valence-electron chi connectivity index (χ4n) is 1.49. The first-order valence-corrected chi connectivity index (χ1v) is 5.46. The van der Waals surface area contributed by atoms with E-state index in [2.05, 4.69) is 15.3 Å². The second kappa shape index (κ2) is 4.41. The fraction of sp³-hybridized carbons (Fsp3) is 0.231. The molecular formula is C13H12N4O. The summed E-state index contributed by atoms with van der Waals surface area (Å²) in [5.74, 6) is -0.297. The molecule has 1 aromatic heterocycles. The molecule has 0 atom stereocenters. The number of amides is 1. The molecule has 0 bridgehead atoms. The number of rotatable bonds is 2. The van der Waals surface area contributed by atoms with Gasteiger partial charge in [0.1, 0.15) is 5.54 Å². The molecule has 0 saturated carbocycles. The summed E-state index contributed by atoms with van der Waals surface area (Å²) >= 11 is 0. The van der Waals surface area contributed by atoms with Crippen molar-refractivity contribution in [1.82, 2.24) is 15.3 Å². The predicted octanol–water partition coefficient (Wildman–Crippen LogP) is 1.66. The second-order valence-electron chi connectivity index (χ2n) is 4.45. The standard InChI is InChI=1S/C13H12N4O/c1-13(2,8-14)17-12(18)9-3-4-10-11(7-9)16-6-5-15-10/h3-7H,1-2H3,(H,17,18). The van der Waals surface area contributed by atoms with Gasteiger partial charge < -0.3 is 5.32 Å². The van der Waals surface area contributed by atoms with Gasteiger partial charge in [-0.3, -0.25) is 14.8 Å². The number of benzene rings is 1. The van der Waals surface area contributed by atoms with E-state index in [0.717, 1.165) is 5.52 Å². The lowest BCUT2D eigenvalue weighted by Gasteiger charge is -2.17. The van der Waals surface area contributed by atoms with Gasteiger partial charge in [-0.05, 0) is 32.0 Å². The number of nitrogens with one attached hydrogen (secondary N) is 1. The highest BCUT2D eigenvalue weighted by atomic mass is 16.1. The van der Waals surface area contributed by atoms with E-state index in [1.54, 1.807) is 44.4 Å². The highest BCUT2D eigenvalue weighted by molar-refractivity contribution is 5.97. The average Bonchev–Trinajstić information content (AvgIpc) is 2.37. The lowest BCUT2D eigenvalue weighted by Crippen LogP contribution is -2.42. The SMILES string of the molecule is CC(C)(C#N)NC(=O)c1ccc2nccnc2c1. The van der Waals surface area contributed by atoms with Crippen LogP contribution in [0.15, 0.2) is 30.6 Å². The van der Waals surface area contributed by atoms with Crippen molar-refractivity contribution in [3.8, 4) is 6.07 Å². The second-order valence-corrected chi connectivity index (χ2v) is 4.45. The van der Waals surface area contributed by atoms with E-state index in [-0.39, 0.29) is 5.91 Å². The van der Waals surface area contributed by atoms with E-state index in [4.69, 9.17) is 5.26 Å². The van der Waals surface area contributed by atoms with Crippen LogP contribution in [0.2, 0.25) is 0 Å². The first-order chi connectivity index (χ1) is 8.52. The minimum Gasteiger partial charge on any atom is -0.334 e. The monoisotopic (exact) mass is 240 g/mol. The maximum Gasteiger partial charge on any atom is 0.252 e. The Bertz CT molecular complexity index is 643. The van der Waals surface area contributed by atoms with E-state index in [1.807, 2.05) is 6.07 Å². The van der Waals surface area contributed by atoms with E-state index >= 15 is 0 Å². The molecule has 1 N–H and O–H groups in total. The molecule has 0 aliphatic carbocycles. The predicted molar refractivity (Wildman–Crippen MR) is 66.7 cm³/mol. The number of nitriles is 1. The minimum absolute atomic E-state index is 0.297. The van der Waals surface area contributed by atoms with E-state index in [1.165, 1.54) is 0 Å². The molecule has 2 aromatic rings. The number of carbonyl (C=O) groups excluding carboxylic acids is 1. The third-order valence-corrected chi connectivity index (χ3v) is 2.44. The molecule has 5 nitrogen and oxygen atoms in total. The Morgan fingerprint density at radius 2 is 1.94 bits per heavy atom. The van der Waals surface area contributed by atoms with Crippen LogP contribution < -0.4 is 5.32 Å². The third kappa shape index (κ3) is 2.43. The van der Waals surface area contributed by atoms with Crippen molar-refractivity contribution in [1.29, 1.82) is 5.26 Å². The lowest BCUT2D eigenvalue weighted by atomic mass is 10.1.